The Labute approximate surface area is 161 Å². The van der Waals surface area contributed by atoms with Crippen molar-refractivity contribution in [2.75, 3.05) is 26.2 Å². The summed E-state index contributed by atoms with van der Waals surface area (Å²) in [6.45, 7) is 10.3. The van der Waals surface area contributed by atoms with Crippen LogP contribution in [-0.2, 0) is 4.79 Å². The highest BCUT2D eigenvalue weighted by Gasteiger charge is 2.29. The average Bonchev–Trinajstić information content (AvgIpc) is 2.59. The first kappa shape index (κ1) is 25.1. The summed E-state index contributed by atoms with van der Waals surface area (Å²) >= 11 is 0. The lowest BCUT2D eigenvalue weighted by Crippen LogP contribution is -2.54. The molecule has 0 aliphatic heterocycles. The van der Waals surface area contributed by atoms with E-state index in [1.165, 1.54) is 25.7 Å². The number of rotatable bonds is 18. The van der Waals surface area contributed by atoms with Gasteiger partial charge in [-0.2, -0.15) is 0 Å². The molecule has 0 aromatic rings. The van der Waals surface area contributed by atoms with Gasteiger partial charge in [-0.25, -0.2) is 0 Å². The molecule has 1 atom stereocenters. The molecule has 4 nitrogen and oxygen atoms in total. The Morgan fingerprint density at radius 2 is 1.46 bits per heavy atom. The van der Waals surface area contributed by atoms with Gasteiger partial charge in [0.05, 0.1) is 26.1 Å². The number of aliphatic carboxylic acids is 1. The van der Waals surface area contributed by atoms with Crippen LogP contribution < -0.4 is 0 Å². The first-order chi connectivity index (χ1) is 12.5. The van der Waals surface area contributed by atoms with Crippen LogP contribution in [0.5, 0.6) is 0 Å². The number of hydrogen-bond acceptors (Lipinski definition) is 2. The third-order valence-electron chi connectivity index (χ3n) is 5.12. The van der Waals surface area contributed by atoms with E-state index in [0.717, 1.165) is 56.3 Å². The molecule has 0 fully saturated rings. The summed E-state index contributed by atoms with van der Waals surface area (Å²) in [5.74, 6) is -0.715. The normalized spacial score (nSPS) is 13.4. The Hall–Kier alpha value is -0.870. The molecule has 0 spiro atoms. The predicted octanol–water partition coefficient (Wildman–Crippen LogP) is 5.16. The van der Waals surface area contributed by atoms with Gasteiger partial charge in [-0.3, -0.25) is 4.79 Å². The zero-order chi connectivity index (χ0) is 19.7. The van der Waals surface area contributed by atoms with Crippen LogP contribution in [0.1, 0.15) is 91.4 Å². The van der Waals surface area contributed by atoms with E-state index in [-0.39, 0.29) is 12.5 Å². The molecule has 4 heteroatoms. The van der Waals surface area contributed by atoms with Crippen LogP contribution in [0.2, 0.25) is 0 Å². The monoisotopic (exact) mass is 370 g/mol. The minimum absolute atomic E-state index is 0.230. The first-order valence-corrected chi connectivity index (χ1v) is 10.9. The second kappa shape index (κ2) is 16.3. The van der Waals surface area contributed by atoms with Crippen molar-refractivity contribution in [3.63, 3.8) is 0 Å². The maximum atomic E-state index is 11.0. The summed E-state index contributed by atoms with van der Waals surface area (Å²) in [7, 11) is 0. The summed E-state index contributed by atoms with van der Waals surface area (Å²) in [5, 5.41) is 19.6. The van der Waals surface area contributed by atoms with Crippen molar-refractivity contribution in [1.29, 1.82) is 0 Å². The van der Waals surface area contributed by atoms with Gasteiger partial charge >= 0.3 is 5.97 Å². The number of carboxylic acid groups (broad SMARTS) is 1. The fourth-order valence-corrected chi connectivity index (χ4v) is 3.63. The number of allylic oxidation sites excluding steroid dienone is 1. The third kappa shape index (κ3) is 13.3. The molecule has 0 aliphatic rings. The van der Waals surface area contributed by atoms with Crippen molar-refractivity contribution in [2.24, 2.45) is 0 Å². The lowest BCUT2D eigenvalue weighted by Gasteiger charge is -2.40. The standard InChI is InChI=1S/C22H43NO3/c1-4-7-10-11-15-21(24)20-23(17-12-8-5-2,18-13-9-6-3)19-14-16-22(25)26/h10-11,21,24H,4-9,12-20H2,1-3H3/p+1/b11-10+. The van der Waals surface area contributed by atoms with E-state index in [4.69, 9.17) is 5.11 Å². The zero-order valence-electron chi connectivity index (χ0n) is 17.6. The highest BCUT2D eigenvalue weighted by molar-refractivity contribution is 5.66. The lowest BCUT2D eigenvalue weighted by atomic mass is 10.1. The van der Waals surface area contributed by atoms with E-state index in [0.29, 0.717) is 12.8 Å². The average molecular weight is 371 g/mol. The molecular weight excluding hydrogens is 326 g/mol. The van der Waals surface area contributed by atoms with Gasteiger partial charge in [-0.1, -0.05) is 52.2 Å². The van der Waals surface area contributed by atoms with Crippen LogP contribution in [0, 0.1) is 0 Å². The number of aliphatic hydroxyl groups excluding tert-OH is 1. The van der Waals surface area contributed by atoms with E-state index in [2.05, 4.69) is 32.9 Å². The number of carboxylic acids is 1. The van der Waals surface area contributed by atoms with Crippen molar-refractivity contribution in [3.8, 4) is 0 Å². The molecule has 0 aliphatic carbocycles. The van der Waals surface area contributed by atoms with Crippen molar-refractivity contribution in [3.05, 3.63) is 12.2 Å². The number of unbranched alkanes of at least 4 members (excludes halogenated alkanes) is 5. The summed E-state index contributed by atoms with van der Waals surface area (Å²) in [5.41, 5.74) is 0. The molecule has 2 N–H and O–H groups in total. The van der Waals surface area contributed by atoms with E-state index in [1.807, 2.05) is 0 Å². The van der Waals surface area contributed by atoms with Crippen LogP contribution in [0.3, 0.4) is 0 Å². The highest BCUT2D eigenvalue weighted by atomic mass is 16.4. The van der Waals surface area contributed by atoms with Crippen LogP contribution in [0.4, 0.5) is 0 Å². The van der Waals surface area contributed by atoms with Gasteiger partial charge in [0.15, 0.2) is 0 Å². The quantitative estimate of drug-likeness (QED) is 0.199. The summed E-state index contributed by atoms with van der Waals surface area (Å²) in [6, 6.07) is 0. The van der Waals surface area contributed by atoms with Gasteiger partial charge in [0.25, 0.3) is 0 Å². The van der Waals surface area contributed by atoms with Crippen LogP contribution >= 0.6 is 0 Å². The van der Waals surface area contributed by atoms with Crippen molar-refractivity contribution in [1.82, 2.24) is 0 Å². The van der Waals surface area contributed by atoms with Gasteiger partial charge in [0, 0.05) is 6.42 Å². The van der Waals surface area contributed by atoms with E-state index in [1.54, 1.807) is 0 Å². The van der Waals surface area contributed by atoms with Crippen molar-refractivity contribution in [2.45, 2.75) is 97.5 Å². The molecule has 0 radical (unpaired) electrons. The molecule has 0 aromatic carbocycles. The lowest BCUT2D eigenvalue weighted by molar-refractivity contribution is -0.931. The molecule has 154 valence electrons. The maximum absolute atomic E-state index is 11.0. The fourth-order valence-electron chi connectivity index (χ4n) is 3.63. The summed E-state index contributed by atoms with van der Waals surface area (Å²) < 4.78 is 0.885. The summed E-state index contributed by atoms with van der Waals surface area (Å²) in [4.78, 5) is 11.0. The molecule has 1 unspecified atom stereocenters. The van der Waals surface area contributed by atoms with Gasteiger partial charge in [0.1, 0.15) is 12.6 Å². The fraction of sp³-hybridized carbons (Fsp3) is 0.864. The molecule has 0 bridgehead atoms. The van der Waals surface area contributed by atoms with Gasteiger partial charge in [0.2, 0.25) is 0 Å². The second-order valence-electron chi connectivity index (χ2n) is 7.76. The van der Waals surface area contributed by atoms with Gasteiger partial charge in [-0.05, 0) is 38.5 Å². The minimum atomic E-state index is -0.715. The third-order valence-corrected chi connectivity index (χ3v) is 5.12. The first-order valence-electron chi connectivity index (χ1n) is 10.9. The zero-order valence-corrected chi connectivity index (χ0v) is 17.6. The molecule has 0 amide bonds. The van der Waals surface area contributed by atoms with E-state index >= 15 is 0 Å². The Balaban J connectivity index is 4.94. The predicted molar refractivity (Wildman–Crippen MR) is 110 cm³/mol. The molecular formula is C22H44NO3+. The van der Waals surface area contributed by atoms with Crippen molar-refractivity contribution < 1.29 is 19.5 Å². The molecule has 0 saturated carbocycles. The number of nitrogens with zero attached hydrogens (tertiary/aromatic N) is 1. The maximum Gasteiger partial charge on any atom is 0.303 e. The van der Waals surface area contributed by atoms with Gasteiger partial charge < -0.3 is 14.7 Å². The number of carbonyl (C=O) groups is 1. The second-order valence-corrected chi connectivity index (χ2v) is 7.76. The van der Waals surface area contributed by atoms with E-state index < -0.39 is 5.97 Å². The molecule has 0 heterocycles. The Kier molecular flexibility index (Phi) is 15.8. The molecule has 26 heavy (non-hydrogen) atoms. The smallest absolute Gasteiger partial charge is 0.303 e. The number of aliphatic hydroxyl groups is 1. The minimum Gasteiger partial charge on any atom is -0.481 e. The van der Waals surface area contributed by atoms with E-state index in [9.17, 15) is 9.90 Å². The topological polar surface area (TPSA) is 57.5 Å². The molecule has 0 aromatic heterocycles. The van der Waals surface area contributed by atoms with Crippen LogP contribution in [0.15, 0.2) is 12.2 Å². The summed E-state index contributed by atoms with van der Waals surface area (Å²) in [6.07, 6.45) is 14.9. The van der Waals surface area contributed by atoms with Crippen LogP contribution in [-0.4, -0.2) is 52.9 Å². The Morgan fingerprint density at radius 3 is 1.96 bits per heavy atom. The Morgan fingerprint density at radius 1 is 0.885 bits per heavy atom. The SMILES string of the molecule is CCC/C=C/CC(O)C[N+](CCCCC)(CCCCC)CCCC(=O)O. The van der Waals surface area contributed by atoms with Crippen molar-refractivity contribution >= 4 is 5.97 Å². The van der Waals surface area contributed by atoms with Gasteiger partial charge in [-0.15, -0.1) is 0 Å². The number of hydrogen-bond donors (Lipinski definition) is 2. The largest absolute Gasteiger partial charge is 0.481 e. The Bertz CT molecular complexity index is 358. The highest BCUT2D eigenvalue weighted by Crippen LogP contribution is 2.18. The molecule has 0 rings (SSSR count). The molecule has 0 saturated heterocycles. The number of quaternary nitrogens is 1. The van der Waals surface area contributed by atoms with Crippen LogP contribution in [0.25, 0.3) is 0 Å².